The van der Waals surface area contributed by atoms with E-state index in [4.69, 9.17) is 9.47 Å². The molecule has 1 saturated heterocycles. The molecule has 1 fully saturated rings. The molecule has 0 aliphatic carbocycles. The lowest BCUT2D eigenvalue weighted by Crippen LogP contribution is -2.44. The molecule has 1 atom stereocenters. The van der Waals surface area contributed by atoms with Gasteiger partial charge in [0.15, 0.2) is 0 Å². The predicted octanol–water partition coefficient (Wildman–Crippen LogP) is 2.34. The second-order valence-electron chi connectivity index (χ2n) is 6.23. The smallest absolute Gasteiger partial charge is 0.255 e. The molecular weight excluding hydrogens is 320 g/mol. The van der Waals surface area contributed by atoms with Gasteiger partial charge in [0, 0.05) is 31.2 Å². The van der Waals surface area contributed by atoms with Gasteiger partial charge in [-0.25, -0.2) is 9.97 Å². The van der Waals surface area contributed by atoms with Crippen LogP contribution in [0.15, 0.2) is 36.9 Å². The van der Waals surface area contributed by atoms with Crippen molar-refractivity contribution < 1.29 is 14.3 Å². The second-order valence-corrected chi connectivity index (χ2v) is 6.23. The minimum absolute atomic E-state index is 0.0453. The normalized spacial score (nSPS) is 17.4. The fourth-order valence-electron chi connectivity index (χ4n) is 2.74. The van der Waals surface area contributed by atoms with Crippen molar-refractivity contribution >= 4 is 5.91 Å². The summed E-state index contributed by atoms with van der Waals surface area (Å²) >= 11 is 0. The maximum absolute atomic E-state index is 12.7. The van der Waals surface area contributed by atoms with Crippen molar-refractivity contribution in [2.45, 2.75) is 38.9 Å². The molecule has 0 radical (unpaired) electrons. The van der Waals surface area contributed by atoms with Gasteiger partial charge < -0.3 is 14.4 Å². The van der Waals surface area contributed by atoms with Crippen molar-refractivity contribution in [1.29, 1.82) is 0 Å². The molecule has 0 saturated carbocycles. The molecule has 3 rings (SSSR count). The molecule has 1 aliphatic heterocycles. The Kier molecular flexibility index (Phi) is 5.42. The zero-order chi connectivity index (χ0) is 17.6. The molecule has 1 unspecified atom stereocenters. The number of aromatic nitrogens is 3. The molecule has 1 aliphatic rings. The summed E-state index contributed by atoms with van der Waals surface area (Å²) in [6, 6.07) is 3.48. The molecule has 2 aromatic rings. The van der Waals surface area contributed by atoms with Crippen molar-refractivity contribution in [3.63, 3.8) is 0 Å². The van der Waals surface area contributed by atoms with Crippen LogP contribution in [0.2, 0.25) is 0 Å². The lowest BCUT2D eigenvalue weighted by Gasteiger charge is -2.32. The van der Waals surface area contributed by atoms with E-state index in [1.165, 1.54) is 0 Å². The zero-order valence-corrected chi connectivity index (χ0v) is 14.5. The third-order valence-corrected chi connectivity index (χ3v) is 3.83. The highest BCUT2D eigenvalue weighted by Gasteiger charge is 2.26. The lowest BCUT2D eigenvalue weighted by molar-refractivity contribution is 0.0526. The Labute approximate surface area is 147 Å². The van der Waals surface area contributed by atoms with Crippen LogP contribution in [0.5, 0.6) is 11.8 Å². The third-order valence-electron chi connectivity index (χ3n) is 3.83. The highest BCUT2D eigenvalue weighted by molar-refractivity contribution is 5.94. The molecule has 0 N–H and O–H groups in total. The highest BCUT2D eigenvalue weighted by atomic mass is 16.5. The van der Waals surface area contributed by atoms with Gasteiger partial charge in [-0.1, -0.05) is 0 Å². The summed E-state index contributed by atoms with van der Waals surface area (Å²) < 4.78 is 11.3. The topological polar surface area (TPSA) is 77.4 Å². The Hall–Kier alpha value is -2.70. The maximum Gasteiger partial charge on any atom is 0.255 e. The molecule has 3 heterocycles. The van der Waals surface area contributed by atoms with Gasteiger partial charge in [0.05, 0.1) is 24.4 Å². The molecular formula is C18H22N4O3. The average Bonchev–Trinajstić information content (AvgIpc) is 2.62. The number of hydrogen-bond acceptors (Lipinski definition) is 6. The van der Waals surface area contributed by atoms with Crippen molar-refractivity contribution in [1.82, 2.24) is 19.9 Å². The van der Waals surface area contributed by atoms with Crippen LogP contribution in [0, 0.1) is 0 Å². The summed E-state index contributed by atoms with van der Waals surface area (Å²) in [5.74, 6) is 0.962. The van der Waals surface area contributed by atoms with Gasteiger partial charge in [0.2, 0.25) is 11.8 Å². The summed E-state index contributed by atoms with van der Waals surface area (Å²) in [7, 11) is 0. The zero-order valence-electron chi connectivity index (χ0n) is 14.5. The number of rotatable bonds is 5. The number of pyridine rings is 1. The molecule has 132 valence electrons. The van der Waals surface area contributed by atoms with Crippen molar-refractivity contribution in [3.8, 4) is 11.8 Å². The van der Waals surface area contributed by atoms with Gasteiger partial charge in [-0.05, 0) is 32.8 Å². The van der Waals surface area contributed by atoms with Crippen LogP contribution in [-0.4, -0.2) is 51.1 Å². The van der Waals surface area contributed by atoms with Crippen LogP contribution in [0.1, 0.15) is 37.0 Å². The quantitative estimate of drug-likeness (QED) is 0.830. The van der Waals surface area contributed by atoms with Gasteiger partial charge in [-0.2, -0.15) is 0 Å². The van der Waals surface area contributed by atoms with E-state index in [9.17, 15) is 4.79 Å². The number of amides is 1. The van der Waals surface area contributed by atoms with E-state index >= 15 is 0 Å². The van der Waals surface area contributed by atoms with Gasteiger partial charge in [0.1, 0.15) is 6.10 Å². The van der Waals surface area contributed by atoms with Crippen LogP contribution in [0.4, 0.5) is 0 Å². The number of likely N-dealkylation sites (tertiary alicyclic amines) is 1. The van der Waals surface area contributed by atoms with Gasteiger partial charge in [-0.15, -0.1) is 0 Å². The second kappa shape index (κ2) is 7.92. The first-order valence-electron chi connectivity index (χ1n) is 8.46. The van der Waals surface area contributed by atoms with E-state index < -0.39 is 0 Å². The summed E-state index contributed by atoms with van der Waals surface area (Å²) in [5.41, 5.74) is 0.552. The van der Waals surface area contributed by atoms with E-state index in [1.807, 2.05) is 13.8 Å². The van der Waals surface area contributed by atoms with Crippen molar-refractivity contribution in [2.24, 2.45) is 0 Å². The fourth-order valence-corrected chi connectivity index (χ4v) is 2.74. The Morgan fingerprint density at radius 2 is 2.08 bits per heavy atom. The third kappa shape index (κ3) is 4.65. The van der Waals surface area contributed by atoms with E-state index in [0.29, 0.717) is 30.4 Å². The highest BCUT2D eigenvalue weighted by Crippen LogP contribution is 2.18. The number of piperidine rings is 1. The number of hydrogen-bond donors (Lipinski definition) is 0. The first-order valence-corrected chi connectivity index (χ1v) is 8.46. The van der Waals surface area contributed by atoms with E-state index in [1.54, 1.807) is 41.8 Å². The van der Waals surface area contributed by atoms with Gasteiger partial charge in [0.25, 0.3) is 5.91 Å². The van der Waals surface area contributed by atoms with E-state index in [-0.39, 0.29) is 18.1 Å². The lowest BCUT2D eigenvalue weighted by atomic mass is 10.1. The van der Waals surface area contributed by atoms with E-state index in [2.05, 4.69) is 15.0 Å². The predicted molar refractivity (Wildman–Crippen MR) is 91.6 cm³/mol. The van der Waals surface area contributed by atoms with Crippen LogP contribution in [-0.2, 0) is 0 Å². The van der Waals surface area contributed by atoms with Crippen LogP contribution in [0.25, 0.3) is 0 Å². The largest absolute Gasteiger partial charge is 0.475 e. The molecule has 0 spiro atoms. The van der Waals surface area contributed by atoms with Crippen molar-refractivity contribution in [3.05, 3.63) is 42.5 Å². The summed E-state index contributed by atoms with van der Waals surface area (Å²) in [5, 5.41) is 0. The Bertz CT molecular complexity index is 691. The van der Waals surface area contributed by atoms with Gasteiger partial charge in [-0.3, -0.25) is 9.78 Å². The maximum atomic E-state index is 12.7. The number of ether oxygens (including phenoxy) is 2. The first kappa shape index (κ1) is 17.1. The summed E-state index contributed by atoms with van der Waals surface area (Å²) in [6.07, 6.45) is 8.08. The van der Waals surface area contributed by atoms with Crippen LogP contribution < -0.4 is 9.47 Å². The van der Waals surface area contributed by atoms with Crippen LogP contribution >= 0.6 is 0 Å². The molecule has 0 bridgehead atoms. The fraction of sp³-hybridized carbons (Fsp3) is 0.444. The number of carbonyl (C=O) groups is 1. The Balaban J connectivity index is 1.61. The SMILES string of the molecule is CC(C)Oc1ccc(C(=O)N2CCCC(Oc3cnccn3)C2)cn1. The first-order chi connectivity index (χ1) is 12.1. The molecule has 0 aromatic carbocycles. The van der Waals surface area contributed by atoms with E-state index in [0.717, 1.165) is 12.8 Å². The Morgan fingerprint density at radius 1 is 1.20 bits per heavy atom. The molecule has 2 aromatic heterocycles. The molecule has 7 heteroatoms. The molecule has 1 amide bonds. The minimum Gasteiger partial charge on any atom is -0.475 e. The average molecular weight is 342 g/mol. The minimum atomic E-state index is -0.0779. The summed E-state index contributed by atoms with van der Waals surface area (Å²) in [6.45, 7) is 5.11. The number of nitrogens with zero attached hydrogens (tertiary/aromatic N) is 4. The monoisotopic (exact) mass is 342 g/mol. The van der Waals surface area contributed by atoms with Crippen molar-refractivity contribution in [2.75, 3.05) is 13.1 Å². The standard InChI is InChI=1S/C18H22N4O3/c1-13(2)24-16-6-5-14(10-21-16)18(23)22-9-3-4-15(12-22)25-17-11-19-7-8-20-17/h5-8,10-11,13,15H,3-4,9,12H2,1-2H3. The molecule has 25 heavy (non-hydrogen) atoms. The molecule has 7 nitrogen and oxygen atoms in total. The number of carbonyl (C=O) groups excluding carboxylic acids is 1. The Morgan fingerprint density at radius 3 is 2.76 bits per heavy atom. The van der Waals surface area contributed by atoms with Gasteiger partial charge >= 0.3 is 0 Å². The van der Waals surface area contributed by atoms with Crippen LogP contribution in [0.3, 0.4) is 0 Å². The summed E-state index contributed by atoms with van der Waals surface area (Å²) in [4.78, 5) is 26.8.